The van der Waals surface area contributed by atoms with E-state index < -0.39 is 16.0 Å². The molecule has 0 aliphatic heterocycles. The molecule has 0 unspecified atom stereocenters. The summed E-state index contributed by atoms with van der Waals surface area (Å²) in [7, 11) is -4.11. The van der Waals surface area contributed by atoms with Gasteiger partial charge in [0, 0.05) is 5.69 Å². The summed E-state index contributed by atoms with van der Waals surface area (Å²) < 4.78 is 37.2. The number of amides is 1. The Morgan fingerprint density at radius 2 is 1.72 bits per heavy atom. The molecular formula is C27H25IN2O5S. The van der Waals surface area contributed by atoms with Crippen LogP contribution >= 0.6 is 22.6 Å². The smallest absolute Gasteiger partial charge is 0.339 e. The molecule has 0 spiro atoms. The zero-order chi connectivity index (χ0) is 26.5. The number of hydrogen-bond acceptors (Lipinski definition) is 6. The van der Waals surface area contributed by atoms with E-state index in [0.717, 1.165) is 16.7 Å². The number of benzene rings is 3. The Morgan fingerprint density at radius 1 is 1.06 bits per heavy atom. The summed E-state index contributed by atoms with van der Waals surface area (Å²) in [6.07, 6.45) is 1.42. The lowest BCUT2D eigenvalue weighted by Gasteiger charge is -2.15. The van der Waals surface area contributed by atoms with Crippen molar-refractivity contribution in [1.29, 1.82) is 5.26 Å². The highest BCUT2D eigenvalue weighted by Crippen LogP contribution is 2.37. The number of nitrogens with zero attached hydrogens (tertiary/aromatic N) is 1. The normalized spacial score (nSPS) is 11.5. The molecule has 0 heterocycles. The number of ether oxygens (including phenoxy) is 1. The van der Waals surface area contributed by atoms with Crippen LogP contribution in [0.5, 0.6) is 11.5 Å². The Bertz CT molecular complexity index is 1470. The number of aryl methyl sites for hydroxylation is 3. The largest absolute Gasteiger partial charge is 0.490 e. The molecule has 0 saturated heterocycles. The van der Waals surface area contributed by atoms with Gasteiger partial charge in [-0.15, -0.1) is 0 Å². The van der Waals surface area contributed by atoms with Crippen LogP contribution in [0.3, 0.4) is 0 Å². The summed E-state index contributed by atoms with van der Waals surface area (Å²) in [5, 5.41) is 12.4. The van der Waals surface area contributed by atoms with Gasteiger partial charge in [0.25, 0.3) is 5.91 Å². The maximum Gasteiger partial charge on any atom is 0.339 e. The van der Waals surface area contributed by atoms with E-state index in [1.807, 2.05) is 61.6 Å². The number of hydrogen-bond donors (Lipinski definition) is 1. The standard InChI is InChI=1S/C27H25IN2O5S/c1-5-34-25-15-20(13-21(16-29)27(31)30-24-11-8-18(3)12-19(24)4)14-23(28)26(25)35-36(32,33)22-9-6-17(2)7-10-22/h6-15H,5H2,1-4H3,(H,30,31)/b21-13+. The summed E-state index contributed by atoms with van der Waals surface area (Å²) in [5.74, 6) is -0.341. The first kappa shape index (κ1) is 27.2. The van der Waals surface area contributed by atoms with Crippen molar-refractivity contribution in [3.05, 3.63) is 86.0 Å². The first-order valence-corrected chi connectivity index (χ1v) is 13.5. The van der Waals surface area contributed by atoms with Gasteiger partial charge in [0.2, 0.25) is 0 Å². The molecule has 36 heavy (non-hydrogen) atoms. The fourth-order valence-electron chi connectivity index (χ4n) is 3.34. The van der Waals surface area contributed by atoms with Crippen molar-refractivity contribution in [2.45, 2.75) is 32.6 Å². The number of rotatable bonds is 8. The van der Waals surface area contributed by atoms with Gasteiger partial charge in [-0.05, 0) is 97.8 Å². The molecule has 7 nitrogen and oxygen atoms in total. The van der Waals surface area contributed by atoms with E-state index in [-0.39, 0.29) is 28.6 Å². The van der Waals surface area contributed by atoms with E-state index in [1.54, 1.807) is 31.2 Å². The van der Waals surface area contributed by atoms with Crippen LogP contribution in [0, 0.1) is 35.7 Å². The molecule has 0 fully saturated rings. The SMILES string of the molecule is CCOc1cc(/C=C(\C#N)C(=O)Nc2ccc(C)cc2C)cc(I)c1OS(=O)(=O)c1ccc(C)cc1. The molecule has 9 heteroatoms. The van der Waals surface area contributed by atoms with Gasteiger partial charge >= 0.3 is 10.1 Å². The molecule has 0 radical (unpaired) electrons. The second-order valence-corrected chi connectivity index (χ2v) is 10.8. The Labute approximate surface area is 225 Å². The molecule has 1 N–H and O–H groups in total. The minimum atomic E-state index is -4.11. The third-order valence-corrected chi connectivity index (χ3v) is 7.18. The highest BCUT2D eigenvalue weighted by Gasteiger charge is 2.22. The Hall–Kier alpha value is -3.36. The molecule has 0 aliphatic rings. The van der Waals surface area contributed by atoms with Gasteiger partial charge in [-0.2, -0.15) is 13.7 Å². The van der Waals surface area contributed by atoms with Crippen LogP contribution in [0.15, 0.2) is 65.1 Å². The number of anilines is 1. The zero-order valence-electron chi connectivity index (χ0n) is 20.3. The van der Waals surface area contributed by atoms with Gasteiger partial charge < -0.3 is 14.2 Å². The summed E-state index contributed by atoms with van der Waals surface area (Å²) in [6.45, 7) is 7.69. The highest BCUT2D eigenvalue weighted by atomic mass is 127. The molecule has 0 aromatic heterocycles. The first-order valence-electron chi connectivity index (χ1n) is 11.0. The number of halogens is 1. The van der Waals surface area contributed by atoms with E-state index in [4.69, 9.17) is 8.92 Å². The lowest BCUT2D eigenvalue weighted by molar-refractivity contribution is -0.112. The lowest BCUT2D eigenvalue weighted by Crippen LogP contribution is -2.14. The predicted molar refractivity (Wildman–Crippen MR) is 147 cm³/mol. The predicted octanol–water partition coefficient (Wildman–Crippen LogP) is 5.93. The maximum absolute atomic E-state index is 12.9. The second kappa shape index (κ2) is 11.6. The van der Waals surface area contributed by atoms with Crippen molar-refractivity contribution in [1.82, 2.24) is 0 Å². The molecule has 3 aromatic rings. The monoisotopic (exact) mass is 616 g/mol. The van der Waals surface area contributed by atoms with Crippen molar-refractivity contribution in [3.63, 3.8) is 0 Å². The number of nitriles is 1. The van der Waals surface area contributed by atoms with Gasteiger partial charge in [-0.25, -0.2) is 0 Å². The molecule has 1 amide bonds. The number of carbonyl (C=O) groups is 1. The van der Waals surface area contributed by atoms with Crippen molar-refractivity contribution in [3.8, 4) is 17.6 Å². The van der Waals surface area contributed by atoms with Crippen LogP contribution in [-0.4, -0.2) is 20.9 Å². The Balaban J connectivity index is 1.94. The molecule has 3 rings (SSSR count). The van der Waals surface area contributed by atoms with Crippen molar-refractivity contribution < 1.29 is 22.1 Å². The summed E-state index contributed by atoms with van der Waals surface area (Å²) in [5.41, 5.74) is 3.84. The van der Waals surface area contributed by atoms with Crippen LogP contribution in [0.1, 0.15) is 29.2 Å². The zero-order valence-corrected chi connectivity index (χ0v) is 23.2. The fraction of sp³-hybridized carbons (Fsp3) is 0.185. The Morgan fingerprint density at radius 3 is 2.33 bits per heavy atom. The van der Waals surface area contributed by atoms with E-state index in [9.17, 15) is 18.5 Å². The van der Waals surface area contributed by atoms with Crippen molar-refractivity contribution in [2.24, 2.45) is 0 Å². The van der Waals surface area contributed by atoms with E-state index >= 15 is 0 Å². The third kappa shape index (κ3) is 6.65. The Kier molecular flexibility index (Phi) is 8.76. The van der Waals surface area contributed by atoms with Gasteiger partial charge in [0.15, 0.2) is 11.5 Å². The van der Waals surface area contributed by atoms with Crippen LogP contribution in [0.4, 0.5) is 5.69 Å². The fourth-order valence-corrected chi connectivity index (χ4v) is 5.18. The third-order valence-electron chi connectivity index (χ3n) is 5.14. The van der Waals surface area contributed by atoms with Crippen molar-refractivity contribution in [2.75, 3.05) is 11.9 Å². The number of nitrogens with one attached hydrogen (secondary N) is 1. The minimum absolute atomic E-state index is 0.0187. The molecule has 186 valence electrons. The number of carbonyl (C=O) groups excluding carboxylic acids is 1. The van der Waals surface area contributed by atoms with Gasteiger partial charge in [-0.1, -0.05) is 35.4 Å². The summed E-state index contributed by atoms with van der Waals surface area (Å²) >= 11 is 1.94. The first-order chi connectivity index (χ1) is 17.0. The van der Waals surface area contributed by atoms with Crippen molar-refractivity contribution >= 4 is 50.4 Å². The molecule has 0 bridgehead atoms. The molecule has 0 aliphatic carbocycles. The summed E-state index contributed by atoms with van der Waals surface area (Å²) in [4.78, 5) is 12.8. The lowest BCUT2D eigenvalue weighted by atomic mass is 10.1. The average molecular weight is 616 g/mol. The van der Waals surface area contributed by atoms with Gasteiger partial charge in [0.05, 0.1) is 10.2 Å². The van der Waals surface area contributed by atoms with Gasteiger partial charge in [-0.3, -0.25) is 4.79 Å². The molecule has 0 saturated carbocycles. The molecular weight excluding hydrogens is 591 g/mol. The molecule has 0 atom stereocenters. The average Bonchev–Trinajstić information content (AvgIpc) is 2.82. The van der Waals surface area contributed by atoms with E-state index in [1.165, 1.54) is 24.3 Å². The molecule has 3 aromatic carbocycles. The quantitative estimate of drug-likeness (QED) is 0.146. The van der Waals surface area contributed by atoms with Crippen LogP contribution in [0.25, 0.3) is 6.08 Å². The maximum atomic E-state index is 12.9. The topological polar surface area (TPSA) is 105 Å². The van der Waals surface area contributed by atoms with Crippen LogP contribution < -0.4 is 14.2 Å². The summed E-state index contributed by atoms with van der Waals surface area (Å²) in [6, 6.07) is 17.0. The van der Waals surface area contributed by atoms with Crippen LogP contribution in [-0.2, 0) is 14.9 Å². The van der Waals surface area contributed by atoms with Gasteiger partial charge in [0.1, 0.15) is 16.5 Å². The second-order valence-electron chi connectivity index (χ2n) is 8.06. The van der Waals surface area contributed by atoms with E-state index in [2.05, 4.69) is 5.32 Å². The van der Waals surface area contributed by atoms with Crippen LogP contribution in [0.2, 0.25) is 0 Å². The van der Waals surface area contributed by atoms with E-state index in [0.29, 0.717) is 14.8 Å². The minimum Gasteiger partial charge on any atom is -0.490 e. The highest BCUT2D eigenvalue weighted by molar-refractivity contribution is 14.1.